The average molecular weight is 672 g/mol. The maximum atomic E-state index is 13.9. The lowest BCUT2D eigenvalue weighted by molar-refractivity contribution is -0.143. The van der Waals surface area contributed by atoms with Gasteiger partial charge in [0.15, 0.2) is 0 Å². The zero-order chi connectivity index (χ0) is 34.4. The van der Waals surface area contributed by atoms with Crippen LogP contribution < -0.4 is 9.64 Å². The number of carbonyl (C=O) groups excluding carboxylic acids is 2. The molecule has 2 heterocycles. The first kappa shape index (κ1) is 33.3. The van der Waals surface area contributed by atoms with Gasteiger partial charge in [-0.05, 0) is 85.4 Å². The molecule has 3 aromatic carbocycles. The van der Waals surface area contributed by atoms with Crippen molar-refractivity contribution in [2.45, 2.75) is 44.6 Å². The Kier molecular flexibility index (Phi) is 8.88. The quantitative estimate of drug-likeness (QED) is 0.148. The fourth-order valence-corrected chi connectivity index (χ4v) is 6.90. The van der Waals surface area contributed by atoms with Crippen LogP contribution >= 0.6 is 0 Å². The van der Waals surface area contributed by atoms with Gasteiger partial charge >= 0.3 is 12.4 Å². The fraction of sp³-hybridized carbons (Fsp3) is 0.333. The van der Waals surface area contributed by atoms with Crippen LogP contribution in [0.25, 0.3) is 6.08 Å². The van der Waals surface area contributed by atoms with Gasteiger partial charge in [0.2, 0.25) is 11.8 Å². The van der Waals surface area contributed by atoms with E-state index in [2.05, 4.69) is 0 Å². The van der Waals surface area contributed by atoms with E-state index in [1.54, 1.807) is 48.5 Å². The molecule has 252 valence electrons. The zero-order valence-electron chi connectivity index (χ0n) is 25.6. The van der Waals surface area contributed by atoms with Crippen molar-refractivity contribution in [3.8, 4) is 11.5 Å². The third-order valence-corrected chi connectivity index (χ3v) is 9.10. The molecule has 1 aliphatic carbocycles. The van der Waals surface area contributed by atoms with Crippen molar-refractivity contribution in [3.05, 3.63) is 106 Å². The second kappa shape index (κ2) is 12.8. The van der Waals surface area contributed by atoms with Gasteiger partial charge in [-0.25, -0.2) is 4.90 Å². The lowest BCUT2D eigenvalue weighted by Crippen LogP contribution is -2.35. The minimum absolute atomic E-state index is 0.0340. The summed E-state index contributed by atoms with van der Waals surface area (Å²) in [5, 5.41) is 9.57. The van der Waals surface area contributed by atoms with Gasteiger partial charge in [0, 0.05) is 5.92 Å². The van der Waals surface area contributed by atoms with Gasteiger partial charge in [-0.1, -0.05) is 42.0 Å². The standard InChI is InChI=1S/C36H31F6NO5/c1-20(13-21-8-10-26(44)11-9-21)7-12-30-31-22(18-47-27-5-3-2-4-6-27)14-28-32(29(31)19-48-30)34(46)43(33(28)45)25-16-23(35(37,38)39)15-24(17-25)36(40,41)42/h2-6,8-11,13,15-17,28-30,32,44H,7,12,14,18-19H2,1H3/b20-13+/t28-,29+,30-,32-/m1/s1. The first-order chi connectivity index (χ1) is 22.7. The number of alkyl halides is 6. The summed E-state index contributed by atoms with van der Waals surface area (Å²) in [5.74, 6) is -3.64. The topological polar surface area (TPSA) is 76.1 Å². The van der Waals surface area contributed by atoms with Gasteiger partial charge in [-0.3, -0.25) is 9.59 Å². The highest BCUT2D eigenvalue weighted by atomic mass is 19.4. The van der Waals surface area contributed by atoms with Gasteiger partial charge in [-0.15, -0.1) is 0 Å². The molecule has 1 N–H and O–H groups in total. The summed E-state index contributed by atoms with van der Waals surface area (Å²) < 4.78 is 94.3. The van der Waals surface area contributed by atoms with Crippen LogP contribution in [0.2, 0.25) is 0 Å². The number of ether oxygens (including phenoxy) is 2. The highest BCUT2D eigenvalue weighted by Crippen LogP contribution is 2.51. The van der Waals surface area contributed by atoms with E-state index in [-0.39, 0.29) is 31.5 Å². The molecule has 2 fully saturated rings. The summed E-state index contributed by atoms with van der Waals surface area (Å²) in [4.78, 5) is 28.2. The molecule has 48 heavy (non-hydrogen) atoms. The Hall–Kier alpha value is -4.58. The molecule has 3 aromatic rings. The number of fused-ring (bicyclic) bond motifs is 3. The molecule has 6 nitrogen and oxygen atoms in total. The summed E-state index contributed by atoms with van der Waals surface area (Å²) in [6.45, 7) is 2.07. The molecule has 0 radical (unpaired) electrons. The van der Waals surface area contributed by atoms with E-state index in [1.807, 2.05) is 19.1 Å². The molecule has 2 aliphatic heterocycles. The van der Waals surface area contributed by atoms with E-state index in [9.17, 15) is 41.0 Å². The molecule has 6 rings (SSSR count). The first-order valence-corrected chi connectivity index (χ1v) is 15.4. The number of imide groups is 1. The van der Waals surface area contributed by atoms with E-state index in [0.717, 1.165) is 22.3 Å². The molecular formula is C36H31F6NO5. The van der Waals surface area contributed by atoms with Crippen LogP contribution in [-0.2, 0) is 26.7 Å². The molecule has 2 saturated heterocycles. The van der Waals surface area contributed by atoms with Crippen molar-refractivity contribution in [2.75, 3.05) is 18.1 Å². The number of phenols is 1. The molecule has 0 saturated carbocycles. The van der Waals surface area contributed by atoms with Crippen molar-refractivity contribution in [1.29, 1.82) is 0 Å². The lowest BCUT2D eigenvalue weighted by Gasteiger charge is -2.31. The predicted molar refractivity (Wildman–Crippen MR) is 164 cm³/mol. The maximum absolute atomic E-state index is 13.9. The normalized spacial score (nSPS) is 23.1. The van der Waals surface area contributed by atoms with Gasteiger partial charge in [0.05, 0.1) is 41.4 Å². The summed E-state index contributed by atoms with van der Waals surface area (Å²) in [7, 11) is 0. The Balaban J connectivity index is 1.31. The molecule has 2 amide bonds. The molecule has 4 atom stereocenters. The fourth-order valence-electron chi connectivity index (χ4n) is 6.90. The Morgan fingerprint density at radius 2 is 1.56 bits per heavy atom. The van der Waals surface area contributed by atoms with Gasteiger partial charge in [-0.2, -0.15) is 26.3 Å². The van der Waals surface area contributed by atoms with Crippen LogP contribution in [0.3, 0.4) is 0 Å². The molecular weight excluding hydrogens is 640 g/mol. The van der Waals surface area contributed by atoms with Crippen molar-refractivity contribution in [2.24, 2.45) is 17.8 Å². The third-order valence-electron chi connectivity index (χ3n) is 9.10. The number of aromatic hydroxyl groups is 1. The van der Waals surface area contributed by atoms with Crippen LogP contribution in [0.5, 0.6) is 11.5 Å². The number of amides is 2. The smallest absolute Gasteiger partial charge is 0.416 e. The number of anilines is 1. The third kappa shape index (κ3) is 6.71. The molecule has 0 unspecified atom stereocenters. The summed E-state index contributed by atoms with van der Waals surface area (Å²) in [5.41, 5.74) is -0.575. The summed E-state index contributed by atoms with van der Waals surface area (Å²) in [6.07, 6.45) is -7.61. The Labute approximate surface area is 272 Å². The van der Waals surface area contributed by atoms with Crippen LogP contribution in [0.1, 0.15) is 42.9 Å². The molecule has 0 aromatic heterocycles. The summed E-state index contributed by atoms with van der Waals surface area (Å²) in [6, 6.07) is 16.4. The number of benzene rings is 3. The van der Waals surface area contributed by atoms with Crippen molar-refractivity contribution < 1.29 is 50.5 Å². The number of nitrogens with zero attached hydrogens (tertiary/aromatic N) is 1. The number of carbonyl (C=O) groups is 2. The minimum Gasteiger partial charge on any atom is -0.508 e. The largest absolute Gasteiger partial charge is 0.508 e. The molecule has 3 aliphatic rings. The first-order valence-electron chi connectivity index (χ1n) is 15.4. The number of rotatable bonds is 8. The monoisotopic (exact) mass is 671 g/mol. The highest BCUT2D eigenvalue weighted by molar-refractivity contribution is 6.22. The minimum atomic E-state index is -5.15. The van der Waals surface area contributed by atoms with Gasteiger partial charge in [0.25, 0.3) is 0 Å². The summed E-state index contributed by atoms with van der Waals surface area (Å²) >= 11 is 0. The van der Waals surface area contributed by atoms with Crippen molar-refractivity contribution in [3.63, 3.8) is 0 Å². The van der Waals surface area contributed by atoms with Gasteiger partial charge < -0.3 is 14.6 Å². The van der Waals surface area contributed by atoms with E-state index < -0.39 is 64.8 Å². The number of hydrogen-bond acceptors (Lipinski definition) is 5. The van der Waals surface area contributed by atoms with Crippen LogP contribution in [0.15, 0.2) is 89.5 Å². The van der Waals surface area contributed by atoms with Crippen molar-refractivity contribution >= 4 is 23.6 Å². The number of allylic oxidation sites excluding steroid dienone is 1. The second-order valence-electron chi connectivity index (χ2n) is 12.3. The lowest BCUT2D eigenvalue weighted by atomic mass is 9.69. The molecule has 12 heteroatoms. The number of hydrogen-bond donors (Lipinski definition) is 1. The Bertz CT molecular complexity index is 1730. The Morgan fingerprint density at radius 3 is 2.19 bits per heavy atom. The number of halogens is 6. The maximum Gasteiger partial charge on any atom is 0.416 e. The van der Waals surface area contributed by atoms with Crippen LogP contribution in [0.4, 0.5) is 32.0 Å². The SMILES string of the molecule is C/C(=C\c1ccc(O)cc1)CC[C@H]1OC[C@H]2C1=C(COc1ccccc1)C[C@H]1C(=O)N(c3cc(C(F)(F)F)cc(C(F)(F)F)c3)C(=O)[C@H]12. The molecule has 0 spiro atoms. The molecule has 0 bridgehead atoms. The van der Waals surface area contributed by atoms with E-state index >= 15 is 0 Å². The van der Waals surface area contributed by atoms with Crippen molar-refractivity contribution in [1.82, 2.24) is 0 Å². The Morgan fingerprint density at radius 1 is 0.917 bits per heavy atom. The van der Waals surface area contributed by atoms with Gasteiger partial charge in [0.1, 0.15) is 18.1 Å². The van der Waals surface area contributed by atoms with E-state index in [0.29, 0.717) is 35.6 Å². The number of para-hydroxylation sites is 1. The van der Waals surface area contributed by atoms with Crippen LogP contribution in [-0.4, -0.2) is 36.2 Å². The van der Waals surface area contributed by atoms with E-state index in [4.69, 9.17) is 9.47 Å². The second-order valence-corrected chi connectivity index (χ2v) is 12.3. The zero-order valence-corrected chi connectivity index (χ0v) is 25.6. The van der Waals surface area contributed by atoms with E-state index in [1.165, 1.54) is 0 Å². The number of phenolic OH excluding ortho intramolecular Hbond substituents is 1. The highest BCUT2D eigenvalue weighted by Gasteiger charge is 2.57. The van der Waals surface area contributed by atoms with Crippen LogP contribution in [0, 0.1) is 17.8 Å². The average Bonchev–Trinajstić information content (AvgIpc) is 3.57. The predicted octanol–water partition coefficient (Wildman–Crippen LogP) is 8.21.